The number of hydrogen-bond donors (Lipinski definition) is 0. The van der Waals surface area contributed by atoms with Gasteiger partial charge in [-0.3, -0.25) is 0 Å². The maximum atomic E-state index is 14.5. The summed E-state index contributed by atoms with van der Waals surface area (Å²) in [6, 6.07) is 4.32. The summed E-state index contributed by atoms with van der Waals surface area (Å²) in [5, 5.41) is 0. The molecule has 0 N–H and O–H groups in total. The van der Waals surface area contributed by atoms with Crippen molar-refractivity contribution in [2.24, 2.45) is 5.92 Å². The van der Waals surface area contributed by atoms with Crippen molar-refractivity contribution in [1.29, 1.82) is 0 Å². The van der Waals surface area contributed by atoms with Gasteiger partial charge in [-0.1, -0.05) is 13.0 Å². The van der Waals surface area contributed by atoms with E-state index in [1.807, 2.05) is 12.4 Å². The lowest BCUT2D eigenvalue weighted by Gasteiger charge is -2.34. The van der Waals surface area contributed by atoms with Crippen molar-refractivity contribution < 1.29 is 17.5 Å². The lowest BCUT2D eigenvalue weighted by Crippen LogP contribution is -2.36. The number of sulfone groups is 1. The molecule has 4 rings (SSSR count). The van der Waals surface area contributed by atoms with Gasteiger partial charge in [0.2, 0.25) is 5.95 Å². The molecule has 0 bridgehead atoms. The van der Waals surface area contributed by atoms with Crippen molar-refractivity contribution in [2.45, 2.75) is 68.8 Å². The number of rotatable bonds is 7. The summed E-state index contributed by atoms with van der Waals surface area (Å²) in [6.07, 6.45) is 11.8. The second-order valence-electron chi connectivity index (χ2n) is 9.44. The van der Waals surface area contributed by atoms with E-state index in [-0.39, 0.29) is 16.9 Å². The molecule has 0 amide bonds. The Kier molecular flexibility index (Phi) is 7.64. The molecule has 2 aromatic rings. The van der Waals surface area contributed by atoms with Gasteiger partial charge in [-0.05, 0) is 80.0 Å². The lowest BCUT2D eigenvalue weighted by atomic mass is 9.82. The van der Waals surface area contributed by atoms with E-state index in [1.165, 1.54) is 6.07 Å². The van der Waals surface area contributed by atoms with E-state index >= 15 is 0 Å². The molecule has 33 heavy (non-hydrogen) atoms. The Morgan fingerprint density at radius 1 is 1.06 bits per heavy atom. The number of benzene rings is 1. The van der Waals surface area contributed by atoms with Gasteiger partial charge in [-0.25, -0.2) is 22.8 Å². The maximum Gasteiger partial charge on any atom is 0.225 e. The van der Waals surface area contributed by atoms with E-state index in [2.05, 4.69) is 21.8 Å². The highest BCUT2D eigenvalue weighted by atomic mass is 32.2. The molecule has 0 atom stereocenters. The van der Waals surface area contributed by atoms with Crippen molar-refractivity contribution in [1.82, 2.24) is 9.97 Å². The summed E-state index contributed by atoms with van der Waals surface area (Å²) < 4.78 is 44.1. The van der Waals surface area contributed by atoms with E-state index in [0.29, 0.717) is 11.5 Å². The third-order valence-corrected chi connectivity index (χ3v) is 8.19. The van der Waals surface area contributed by atoms with Crippen LogP contribution in [0.4, 0.5) is 10.3 Å². The Labute approximate surface area is 196 Å². The first-order valence-corrected chi connectivity index (χ1v) is 13.9. The molecule has 8 heteroatoms. The van der Waals surface area contributed by atoms with Gasteiger partial charge in [0.1, 0.15) is 5.82 Å². The van der Waals surface area contributed by atoms with Crippen LogP contribution in [0.1, 0.15) is 62.5 Å². The minimum Gasteiger partial charge on any atom is -0.378 e. The standard InChI is InChI=1S/C25H34FN3O3S/c1-3-18-15-27-25(28-16-18)29-12-10-19(11-13-29)17-32-21-6-4-20(5-7-21)23-9-8-22(14-24(23)26)33(2,30)31/h8-9,14-16,19-21H,3-7,10-13,17H2,1-2H3/t20-,21-. The van der Waals surface area contributed by atoms with E-state index in [0.717, 1.165) is 88.5 Å². The second-order valence-corrected chi connectivity index (χ2v) is 11.5. The van der Waals surface area contributed by atoms with E-state index in [9.17, 15) is 12.8 Å². The van der Waals surface area contributed by atoms with Gasteiger partial charge >= 0.3 is 0 Å². The third-order valence-electron chi connectivity index (χ3n) is 7.08. The topological polar surface area (TPSA) is 72.4 Å². The van der Waals surface area contributed by atoms with Crippen LogP contribution in [0.2, 0.25) is 0 Å². The smallest absolute Gasteiger partial charge is 0.225 e. The molecule has 2 aliphatic rings. The van der Waals surface area contributed by atoms with Crippen molar-refractivity contribution in [3.8, 4) is 0 Å². The molecule has 6 nitrogen and oxygen atoms in total. The lowest BCUT2D eigenvalue weighted by molar-refractivity contribution is 0.000397. The zero-order valence-corrected chi connectivity index (χ0v) is 20.4. The van der Waals surface area contributed by atoms with Gasteiger partial charge in [0.05, 0.1) is 11.0 Å². The summed E-state index contributed by atoms with van der Waals surface area (Å²) >= 11 is 0. The highest BCUT2D eigenvalue weighted by molar-refractivity contribution is 7.90. The van der Waals surface area contributed by atoms with Crippen LogP contribution in [0.3, 0.4) is 0 Å². The van der Waals surface area contributed by atoms with Gasteiger partial charge in [0.25, 0.3) is 0 Å². The normalized spacial score (nSPS) is 22.5. The van der Waals surface area contributed by atoms with Crippen LogP contribution in [0.25, 0.3) is 0 Å². The first kappa shape index (κ1) is 24.1. The molecule has 1 saturated carbocycles. The molecule has 0 unspecified atom stereocenters. The van der Waals surface area contributed by atoms with Crippen LogP contribution in [0.15, 0.2) is 35.5 Å². The molecule has 1 aromatic carbocycles. The van der Waals surface area contributed by atoms with E-state index in [1.54, 1.807) is 6.07 Å². The zero-order chi connectivity index (χ0) is 23.4. The van der Waals surface area contributed by atoms with Gasteiger partial charge in [-0.2, -0.15) is 0 Å². The number of ether oxygens (including phenoxy) is 1. The van der Waals surface area contributed by atoms with Crippen LogP contribution in [0, 0.1) is 11.7 Å². The average molecular weight is 476 g/mol. The molecule has 1 aliphatic carbocycles. The molecular formula is C25H34FN3O3S. The molecule has 1 saturated heterocycles. The van der Waals surface area contributed by atoms with Crippen LogP contribution >= 0.6 is 0 Å². The molecule has 0 spiro atoms. The Hall–Kier alpha value is -2.06. The first-order chi connectivity index (χ1) is 15.8. The van der Waals surface area contributed by atoms with Crippen LogP contribution < -0.4 is 4.90 Å². The third kappa shape index (κ3) is 6.09. The Morgan fingerprint density at radius 3 is 2.30 bits per heavy atom. The van der Waals surface area contributed by atoms with Crippen LogP contribution in [-0.2, 0) is 21.0 Å². The number of nitrogens with zero attached hydrogens (tertiary/aromatic N) is 3. The van der Waals surface area contributed by atoms with Crippen molar-refractivity contribution >= 4 is 15.8 Å². The quantitative estimate of drug-likeness (QED) is 0.585. The van der Waals surface area contributed by atoms with Crippen molar-refractivity contribution in [3.63, 3.8) is 0 Å². The van der Waals surface area contributed by atoms with Gasteiger partial charge in [-0.15, -0.1) is 0 Å². The fourth-order valence-corrected chi connectivity index (χ4v) is 5.51. The summed E-state index contributed by atoms with van der Waals surface area (Å²) in [7, 11) is -3.39. The summed E-state index contributed by atoms with van der Waals surface area (Å²) in [6.45, 7) is 4.78. The molecule has 1 aromatic heterocycles. The highest BCUT2D eigenvalue weighted by Gasteiger charge is 2.27. The number of piperidine rings is 1. The number of anilines is 1. The van der Waals surface area contributed by atoms with E-state index in [4.69, 9.17) is 4.74 Å². The number of halogens is 1. The molecular weight excluding hydrogens is 441 g/mol. The van der Waals surface area contributed by atoms with Gasteiger partial charge in [0, 0.05) is 38.3 Å². The predicted molar refractivity (Wildman–Crippen MR) is 127 cm³/mol. The molecule has 1 aliphatic heterocycles. The Bertz CT molecular complexity index is 1030. The number of hydrogen-bond acceptors (Lipinski definition) is 6. The van der Waals surface area contributed by atoms with Crippen molar-refractivity contribution in [2.75, 3.05) is 30.9 Å². The molecule has 2 fully saturated rings. The monoisotopic (exact) mass is 475 g/mol. The van der Waals surface area contributed by atoms with Crippen LogP contribution in [0.5, 0.6) is 0 Å². The fourth-order valence-electron chi connectivity index (χ4n) is 4.88. The highest BCUT2D eigenvalue weighted by Crippen LogP contribution is 2.36. The summed E-state index contributed by atoms with van der Waals surface area (Å²) in [5.74, 6) is 1.08. The first-order valence-electron chi connectivity index (χ1n) is 12.0. The maximum absolute atomic E-state index is 14.5. The molecule has 2 heterocycles. The molecule has 0 radical (unpaired) electrons. The molecule has 180 valence electrons. The summed E-state index contributed by atoms with van der Waals surface area (Å²) in [5.41, 5.74) is 1.79. The minimum atomic E-state index is -3.39. The van der Waals surface area contributed by atoms with Gasteiger partial charge < -0.3 is 9.64 Å². The Balaban J connectivity index is 1.20. The zero-order valence-electron chi connectivity index (χ0n) is 19.5. The fraction of sp³-hybridized carbons (Fsp3) is 0.600. The predicted octanol–water partition coefficient (Wildman–Crippen LogP) is 4.54. The minimum absolute atomic E-state index is 0.0383. The van der Waals surface area contributed by atoms with Crippen LogP contribution in [-0.4, -0.2) is 50.4 Å². The van der Waals surface area contributed by atoms with Crippen molar-refractivity contribution in [3.05, 3.63) is 47.5 Å². The largest absolute Gasteiger partial charge is 0.378 e. The van der Waals surface area contributed by atoms with Gasteiger partial charge in [0.15, 0.2) is 9.84 Å². The second kappa shape index (κ2) is 10.5. The Morgan fingerprint density at radius 2 is 1.73 bits per heavy atom. The van der Waals surface area contributed by atoms with E-state index < -0.39 is 15.7 Å². The average Bonchev–Trinajstić information content (AvgIpc) is 2.83. The number of aryl methyl sites for hydroxylation is 1. The SMILES string of the molecule is CCc1cnc(N2CCC(CO[C@H]3CC[C@H](c4ccc(S(C)(=O)=O)cc4F)CC3)CC2)nc1. The summed E-state index contributed by atoms with van der Waals surface area (Å²) in [4.78, 5) is 11.3. The number of aromatic nitrogens is 2.